The van der Waals surface area contributed by atoms with Crippen molar-refractivity contribution in [3.05, 3.63) is 63.7 Å². The molecular weight excluding hydrogens is 314 g/mol. The van der Waals surface area contributed by atoms with E-state index in [1.165, 1.54) is 44.6 Å². The number of carbonyl (C=O) groups is 1. The molecule has 124 valence electrons. The fourth-order valence-electron chi connectivity index (χ4n) is 2.14. The highest BCUT2D eigenvalue weighted by Crippen LogP contribution is 2.31. The van der Waals surface area contributed by atoms with Gasteiger partial charge >= 0.3 is 5.97 Å². The van der Waals surface area contributed by atoms with Crippen LogP contribution < -0.4 is 9.47 Å². The molecule has 7 nitrogen and oxygen atoms in total. The van der Waals surface area contributed by atoms with E-state index < -0.39 is 10.9 Å². The number of non-ortho nitro benzene ring substituents is 1. The highest BCUT2D eigenvalue weighted by atomic mass is 16.6. The van der Waals surface area contributed by atoms with Crippen molar-refractivity contribution in [2.24, 2.45) is 0 Å². The van der Waals surface area contributed by atoms with Crippen molar-refractivity contribution in [3.8, 4) is 11.5 Å². The molecule has 0 aliphatic heterocycles. The third kappa shape index (κ3) is 3.70. The van der Waals surface area contributed by atoms with E-state index in [1.54, 1.807) is 18.2 Å². The Bertz CT molecular complexity index is 795. The van der Waals surface area contributed by atoms with Gasteiger partial charge in [0.05, 0.1) is 24.7 Å². The molecule has 0 unspecified atom stereocenters. The van der Waals surface area contributed by atoms with Gasteiger partial charge in [0.1, 0.15) is 11.5 Å². The van der Waals surface area contributed by atoms with E-state index in [4.69, 9.17) is 9.47 Å². The van der Waals surface area contributed by atoms with Crippen LogP contribution in [0.15, 0.2) is 42.5 Å². The van der Waals surface area contributed by atoms with Crippen LogP contribution in [0.5, 0.6) is 11.5 Å². The normalized spacial score (nSPS) is 11.0. The van der Waals surface area contributed by atoms with Gasteiger partial charge in [-0.15, -0.1) is 0 Å². The average Bonchev–Trinajstić information content (AvgIpc) is 2.59. The van der Waals surface area contributed by atoms with Gasteiger partial charge in [-0.25, -0.2) is 4.79 Å². The maximum absolute atomic E-state index is 11.7. The highest BCUT2D eigenvalue weighted by Gasteiger charge is 2.17. The fourth-order valence-corrected chi connectivity index (χ4v) is 2.14. The summed E-state index contributed by atoms with van der Waals surface area (Å²) in [5.41, 5.74) is 0.785. The maximum atomic E-state index is 11.7. The summed E-state index contributed by atoms with van der Waals surface area (Å²) >= 11 is 0. The number of ether oxygens (including phenoxy) is 2. The predicted molar refractivity (Wildman–Crippen MR) is 88.1 cm³/mol. The van der Waals surface area contributed by atoms with Crippen molar-refractivity contribution in [2.75, 3.05) is 14.2 Å². The lowest BCUT2D eigenvalue weighted by Crippen LogP contribution is -2.02. The highest BCUT2D eigenvalue weighted by molar-refractivity contribution is 6.21. The first-order valence-corrected chi connectivity index (χ1v) is 6.88. The van der Waals surface area contributed by atoms with Gasteiger partial charge in [0, 0.05) is 17.7 Å². The summed E-state index contributed by atoms with van der Waals surface area (Å²) in [7, 11) is 2.92. The number of nitro benzene ring substituents is 1. The first kappa shape index (κ1) is 17.0. The summed E-state index contributed by atoms with van der Waals surface area (Å²) in [6.07, 6.45) is 1.42. The molecule has 0 aromatic heterocycles. The van der Waals surface area contributed by atoms with Gasteiger partial charge in [0.2, 0.25) is 0 Å². The van der Waals surface area contributed by atoms with E-state index in [-0.39, 0.29) is 11.3 Å². The molecule has 0 atom stereocenters. The lowest BCUT2D eigenvalue weighted by Gasteiger charge is -2.11. The maximum Gasteiger partial charge on any atom is 0.336 e. The molecule has 0 heterocycles. The van der Waals surface area contributed by atoms with Crippen molar-refractivity contribution >= 4 is 23.3 Å². The molecule has 0 saturated carbocycles. The van der Waals surface area contributed by atoms with E-state index in [2.05, 4.69) is 0 Å². The molecule has 0 fully saturated rings. The zero-order valence-corrected chi connectivity index (χ0v) is 13.1. The Morgan fingerprint density at radius 1 is 1.12 bits per heavy atom. The summed E-state index contributed by atoms with van der Waals surface area (Å²) in [5.74, 6) is -0.284. The van der Waals surface area contributed by atoms with E-state index in [0.717, 1.165) is 0 Å². The number of carboxylic acids is 1. The number of hydrogen-bond donors (Lipinski definition) is 1. The van der Waals surface area contributed by atoms with Crippen molar-refractivity contribution in [2.45, 2.75) is 0 Å². The molecule has 0 aliphatic rings. The van der Waals surface area contributed by atoms with Crippen molar-refractivity contribution < 1.29 is 24.3 Å². The summed E-state index contributed by atoms with van der Waals surface area (Å²) in [4.78, 5) is 21.8. The Labute approximate surface area is 137 Å². The first-order chi connectivity index (χ1) is 11.5. The third-order valence-corrected chi connectivity index (χ3v) is 3.34. The molecule has 0 amide bonds. The molecular formula is C17H15NO6. The minimum atomic E-state index is -1.15. The van der Waals surface area contributed by atoms with Gasteiger partial charge in [-0.3, -0.25) is 10.1 Å². The molecule has 0 aliphatic carbocycles. The third-order valence-electron chi connectivity index (χ3n) is 3.34. The standard InChI is InChI=1S/C17H15NO6/c1-23-13-7-8-16(24-2)14(10-13)15(17(19)20)9-11-3-5-12(6-4-11)18(21)22/h3-10H,1-2H3,(H,19,20)/b15-9-. The predicted octanol–water partition coefficient (Wildman–Crippen LogP) is 3.24. The number of rotatable bonds is 6. The van der Waals surface area contributed by atoms with Crippen molar-refractivity contribution in [1.82, 2.24) is 0 Å². The second kappa shape index (κ2) is 7.28. The van der Waals surface area contributed by atoms with Crippen LogP contribution in [0, 0.1) is 10.1 Å². The van der Waals surface area contributed by atoms with Crippen molar-refractivity contribution in [1.29, 1.82) is 0 Å². The Morgan fingerprint density at radius 3 is 2.29 bits per heavy atom. The molecule has 0 bridgehead atoms. The molecule has 0 radical (unpaired) electrons. The Hall–Kier alpha value is -3.35. The van der Waals surface area contributed by atoms with Gasteiger partial charge < -0.3 is 14.6 Å². The number of benzene rings is 2. The monoisotopic (exact) mass is 329 g/mol. The number of aliphatic carboxylic acids is 1. The van der Waals surface area contributed by atoms with Gasteiger partial charge in [-0.05, 0) is 42.0 Å². The number of nitro groups is 1. The van der Waals surface area contributed by atoms with E-state index in [9.17, 15) is 20.0 Å². The number of methoxy groups -OCH3 is 2. The van der Waals surface area contributed by atoms with Gasteiger partial charge in [0.25, 0.3) is 5.69 Å². The fraction of sp³-hybridized carbons (Fsp3) is 0.118. The summed E-state index contributed by atoms with van der Waals surface area (Å²) in [6, 6.07) is 10.4. The Morgan fingerprint density at radius 2 is 1.79 bits per heavy atom. The second-order valence-corrected chi connectivity index (χ2v) is 4.78. The number of carboxylic acid groups (broad SMARTS) is 1. The van der Waals surface area contributed by atoms with Crippen LogP contribution in [0.4, 0.5) is 5.69 Å². The zero-order valence-electron chi connectivity index (χ0n) is 13.1. The molecule has 7 heteroatoms. The molecule has 0 spiro atoms. The quantitative estimate of drug-likeness (QED) is 0.378. The topological polar surface area (TPSA) is 98.9 Å². The van der Waals surface area contributed by atoms with Gasteiger partial charge in [0.15, 0.2) is 0 Å². The van der Waals surface area contributed by atoms with Crippen LogP contribution >= 0.6 is 0 Å². The van der Waals surface area contributed by atoms with Crippen LogP contribution in [-0.4, -0.2) is 30.2 Å². The molecule has 2 aromatic carbocycles. The smallest absolute Gasteiger partial charge is 0.336 e. The average molecular weight is 329 g/mol. The summed E-state index contributed by atoms with van der Waals surface area (Å²) in [5, 5.41) is 20.2. The first-order valence-electron chi connectivity index (χ1n) is 6.88. The van der Waals surface area contributed by atoms with Crippen LogP contribution in [-0.2, 0) is 4.79 Å². The molecule has 2 rings (SSSR count). The van der Waals surface area contributed by atoms with Gasteiger partial charge in [-0.1, -0.05) is 0 Å². The van der Waals surface area contributed by atoms with E-state index in [1.807, 2.05) is 0 Å². The van der Waals surface area contributed by atoms with E-state index >= 15 is 0 Å². The van der Waals surface area contributed by atoms with Gasteiger partial charge in [-0.2, -0.15) is 0 Å². The summed E-state index contributed by atoms with van der Waals surface area (Å²) in [6.45, 7) is 0. The zero-order chi connectivity index (χ0) is 17.7. The SMILES string of the molecule is COc1ccc(OC)c(/C(=C/c2ccc([N+](=O)[O-])cc2)C(=O)O)c1. The minimum Gasteiger partial charge on any atom is -0.497 e. The van der Waals surface area contributed by atoms with Crippen LogP contribution in [0.25, 0.3) is 11.6 Å². The molecule has 1 N–H and O–H groups in total. The molecule has 0 saturated heterocycles. The van der Waals surface area contributed by atoms with E-state index in [0.29, 0.717) is 22.6 Å². The molecule has 24 heavy (non-hydrogen) atoms. The van der Waals surface area contributed by atoms with Crippen LogP contribution in [0.3, 0.4) is 0 Å². The Balaban J connectivity index is 2.53. The van der Waals surface area contributed by atoms with Crippen LogP contribution in [0.2, 0.25) is 0 Å². The largest absolute Gasteiger partial charge is 0.497 e. The second-order valence-electron chi connectivity index (χ2n) is 4.78. The number of nitrogens with zero attached hydrogens (tertiary/aromatic N) is 1. The van der Waals surface area contributed by atoms with Crippen LogP contribution in [0.1, 0.15) is 11.1 Å². The van der Waals surface area contributed by atoms with Crippen molar-refractivity contribution in [3.63, 3.8) is 0 Å². The summed E-state index contributed by atoms with van der Waals surface area (Å²) < 4.78 is 10.3. The lowest BCUT2D eigenvalue weighted by atomic mass is 10.0. The minimum absolute atomic E-state index is 0.0143. The lowest BCUT2D eigenvalue weighted by molar-refractivity contribution is -0.384. The Kier molecular flexibility index (Phi) is 5.16. The number of hydrogen-bond acceptors (Lipinski definition) is 5. The molecule has 2 aromatic rings.